The number of aliphatic hydroxyl groups excluding tert-OH is 2. The molecule has 2 atom stereocenters. The first-order valence-electron chi connectivity index (χ1n) is 36.8. The lowest BCUT2D eigenvalue weighted by atomic mass is 10.0. The molecular formula is C73H145NO5. The second kappa shape index (κ2) is 69.4. The highest BCUT2D eigenvalue weighted by atomic mass is 16.5. The maximum absolute atomic E-state index is 12.5. The van der Waals surface area contributed by atoms with Crippen LogP contribution in [0.2, 0.25) is 0 Å². The van der Waals surface area contributed by atoms with Crippen LogP contribution in [0.3, 0.4) is 0 Å². The average Bonchev–Trinajstić information content (AvgIpc) is 3.45. The van der Waals surface area contributed by atoms with E-state index in [1.165, 1.54) is 360 Å². The zero-order valence-electron chi connectivity index (χ0n) is 54.2. The number of unbranched alkanes of at least 4 members (excludes halogenated alkanes) is 59. The molecule has 79 heavy (non-hydrogen) atoms. The molecule has 2 unspecified atom stereocenters. The molecule has 0 aromatic heterocycles. The Morgan fingerprint density at radius 1 is 0.304 bits per heavy atom. The van der Waals surface area contributed by atoms with Crippen LogP contribution in [0.15, 0.2) is 0 Å². The molecule has 0 radical (unpaired) electrons. The molecule has 0 saturated carbocycles. The number of carbonyl (C=O) groups excluding carboxylic acids is 2. The standard InChI is InChI=1S/C73H145NO5/c1-3-5-7-9-11-13-15-17-18-35-39-43-47-51-55-59-63-67-73(78)79-68-64-60-56-52-48-44-40-37-34-32-30-28-26-24-22-20-19-21-23-25-27-29-31-33-36-38-42-46-50-54-58-62-66-72(77)74-70(69-75)71(76)65-61-57-53-49-45-41-16-14-12-10-8-6-4-2/h70-71,75-76H,3-69H2,1-2H3,(H,74,77). The van der Waals surface area contributed by atoms with Gasteiger partial charge in [0.25, 0.3) is 0 Å². The van der Waals surface area contributed by atoms with E-state index in [0.29, 0.717) is 25.9 Å². The fourth-order valence-corrected chi connectivity index (χ4v) is 12.1. The highest BCUT2D eigenvalue weighted by Crippen LogP contribution is 2.20. The third-order valence-electron chi connectivity index (χ3n) is 17.7. The van der Waals surface area contributed by atoms with Crippen LogP contribution < -0.4 is 5.32 Å². The summed E-state index contributed by atoms with van der Waals surface area (Å²) in [5.41, 5.74) is 0. The van der Waals surface area contributed by atoms with Gasteiger partial charge in [0, 0.05) is 12.8 Å². The lowest BCUT2D eigenvalue weighted by Crippen LogP contribution is -2.45. The summed E-state index contributed by atoms with van der Waals surface area (Å²) in [5.74, 6) is -0.000982. The predicted molar refractivity (Wildman–Crippen MR) is 347 cm³/mol. The summed E-state index contributed by atoms with van der Waals surface area (Å²) >= 11 is 0. The number of rotatable bonds is 70. The van der Waals surface area contributed by atoms with Crippen LogP contribution in [0.5, 0.6) is 0 Å². The molecule has 6 nitrogen and oxygen atoms in total. The van der Waals surface area contributed by atoms with Crippen LogP contribution in [-0.2, 0) is 14.3 Å². The summed E-state index contributed by atoms with van der Waals surface area (Å²) in [6, 6.07) is -0.536. The number of hydrogen-bond donors (Lipinski definition) is 3. The van der Waals surface area contributed by atoms with E-state index in [1.54, 1.807) is 0 Å². The molecule has 0 bridgehead atoms. The summed E-state index contributed by atoms with van der Waals surface area (Å²) in [4.78, 5) is 24.6. The molecule has 0 fully saturated rings. The second-order valence-corrected chi connectivity index (χ2v) is 25.6. The maximum atomic E-state index is 12.5. The van der Waals surface area contributed by atoms with Crippen molar-refractivity contribution in [3.8, 4) is 0 Å². The number of amides is 1. The van der Waals surface area contributed by atoms with Gasteiger partial charge in [-0.1, -0.05) is 393 Å². The number of esters is 1. The van der Waals surface area contributed by atoms with Crippen molar-refractivity contribution in [1.82, 2.24) is 5.32 Å². The number of carbonyl (C=O) groups is 2. The maximum Gasteiger partial charge on any atom is 0.305 e. The van der Waals surface area contributed by atoms with Crippen LogP contribution in [0.25, 0.3) is 0 Å². The summed E-state index contributed by atoms with van der Waals surface area (Å²) in [6.45, 7) is 5.00. The molecule has 0 spiro atoms. The highest BCUT2D eigenvalue weighted by Gasteiger charge is 2.20. The molecule has 0 aliphatic carbocycles. The molecule has 0 heterocycles. The zero-order valence-corrected chi connectivity index (χ0v) is 54.2. The zero-order chi connectivity index (χ0) is 57.1. The number of aliphatic hydroxyl groups is 2. The molecular weight excluding hydrogens is 971 g/mol. The van der Waals surface area contributed by atoms with E-state index in [4.69, 9.17) is 4.74 Å². The summed E-state index contributed by atoms with van der Waals surface area (Å²) in [7, 11) is 0. The third-order valence-corrected chi connectivity index (χ3v) is 17.7. The van der Waals surface area contributed by atoms with Crippen molar-refractivity contribution in [3.63, 3.8) is 0 Å². The van der Waals surface area contributed by atoms with Gasteiger partial charge in [-0.05, 0) is 25.7 Å². The normalized spacial score (nSPS) is 12.4. The summed E-state index contributed by atoms with van der Waals surface area (Å²) in [5, 5.41) is 23.3. The van der Waals surface area contributed by atoms with Gasteiger partial charge in [0.2, 0.25) is 5.91 Å². The number of ether oxygens (including phenoxy) is 1. The van der Waals surface area contributed by atoms with Crippen LogP contribution in [-0.4, -0.2) is 47.4 Å². The molecule has 0 saturated heterocycles. The molecule has 472 valence electrons. The van der Waals surface area contributed by atoms with Crippen molar-refractivity contribution in [2.45, 2.75) is 443 Å². The molecule has 0 aliphatic heterocycles. The van der Waals surface area contributed by atoms with E-state index in [2.05, 4.69) is 19.2 Å². The Bertz CT molecular complexity index is 1150. The number of hydrogen-bond acceptors (Lipinski definition) is 5. The van der Waals surface area contributed by atoms with E-state index in [-0.39, 0.29) is 18.5 Å². The average molecular weight is 1120 g/mol. The van der Waals surface area contributed by atoms with E-state index in [0.717, 1.165) is 38.5 Å². The number of nitrogens with one attached hydrogen (secondary N) is 1. The van der Waals surface area contributed by atoms with Crippen molar-refractivity contribution in [2.75, 3.05) is 13.2 Å². The quantitative estimate of drug-likeness (QED) is 0.0417. The van der Waals surface area contributed by atoms with Crippen molar-refractivity contribution in [3.05, 3.63) is 0 Å². The molecule has 1 amide bonds. The van der Waals surface area contributed by atoms with E-state index in [9.17, 15) is 19.8 Å². The Hall–Kier alpha value is -1.14. The fourth-order valence-electron chi connectivity index (χ4n) is 12.1. The summed E-state index contributed by atoms with van der Waals surface area (Å²) in [6.07, 6.45) is 84.6. The largest absolute Gasteiger partial charge is 0.466 e. The second-order valence-electron chi connectivity index (χ2n) is 25.6. The van der Waals surface area contributed by atoms with Gasteiger partial charge in [-0.25, -0.2) is 0 Å². The Labute approximate surface area is 496 Å². The van der Waals surface area contributed by atoms with Crippen LogP contribution >= 0.6 is 0 Å². The third kappa shape index (κ3) is 65.9. The molecule has 0 rings (SSSR count). The van der Waals surface area contributed by atoms with Crippen molar-refractivity contribution in [2.24, 2.45) is 0 Å². The van der Waals surface area contributed by atoms with Gasteiger partial charge in [-0.3, -0.25) is 9.59 Å². The van der Waals surface area contributed by atoms with Crippen LogP contribution in [0, 0.1) is 0 Å². The minimum Gasteiger partial charge on any atom is -0.466 e. The molecule has 0 aliphatic rings. The lowest BCUT2D eigenvalue weighted by molar-refractivity contribution is -0.143. The molecule has 0 aromatic rings. The molecule has 6 heteroatoms. The Morgan fingerprint density at radius 2 is 0.519 bits per heavy atom. The Kier molecular flexibility index (Phi) is 68.4. The highest BCUT2D eigenvalue weighted by molar-refractivity contribution is 5.76. The van der Waals surface area contributed by atoms with Gasteiger partial charge in [-0.15, -0.1) is 0 Å². The smallest absolute Gasteiger partial charge is 0.305 e. The van der Waals surface area contributed by atoms with Crippen molar-refractivity contribution in [1.29, 1.82) is 0 Å². The van der Waals surface area contributed by atoms with Gasteiger partial charge in [0.05, 0.1) is 25.4 Å². The van der Waals surface area contributed by atoms with E-state index >= 15 is 0 Å². The van der Waals surface area contributed by atoms with Crippen LogP contribution in [0.4, 0.5) is 0 Å². The van der Waals surface area contributed by atoms with Gasteiger partial charge in [0.1, 0.15) is 0 Å². The van der Waals surface area contributed by atoms with E-state index in [1.807, 2.05) is 0 Å². The topological polar surface area (TPSA) is 95.9 Å². The fraction of sp³-hybridized carbons (Fsp3) is 0.973. The first kappa shape index (κ1) is 77.9. The lowest BCUT2D eigenvalue weighted by Gasteiger charge is -2.22. The van der Waals surface area contributed by atoms with E-state index < -0.39 is 12.1 Å². The van der Waals surface area contributed by atoms with Gasteiger partial charge in [-0.2, -0.15) is 0 Å². The van der Waals surface area contributed by atoms with Gasteiger partial charge < -0.3 is 20.3 Å². The SMILES string of the molecule is CCCCCCCCCCCCCCCCCCCC(=O)OCCCCCCCCCCCCCCCCCCCCCCCCCCCCCCCCCCC(=O)NC(CO)C(O)CCCCCCCCCCCCCCC. The van der Waals surface area contributed by atoms with Crippen molar-refractivity contribution >= 4 is 11.9 Å². The Morgan fingerprint density at radius 3 is 0.772 bits per heavy atom. The van der Waals surface area contributed by atoms with Crippen molar-refractivity contribution < 1.29 is 24.5 Å². The monoisotopic (exact) mass is 1120 g/mol. The minimum absolute atomic E-state index is 0.0264. The summed E-state index contributed by atoms with van der Waals surface area (Å²) < 4.78 is 5.51. The van der Waals surface area contributed by atoms with Crippen LogP contribution in [0.1, 0.15) is 431 Å². The van der Waals surface area contributed by atoms with Gasteiger partial charge >= 0.3 is 5.97 Å². The minimum atomic E-state index is -0.659. The first-order valence-corrected chi connectivity index (χ1v) is 36.8. The molecule has 3 N–H and O–H groups in total. The van der Waals surface area contributed by atoms with Gasteiger partial charge in [0.15, 0.2) is 0 Å². The first-order chi connectivity index (χ1) is 39.0. The predicted octanol–water partition coefficient (Wildman–Crippen LogP) is 23.8. The Balaban J connectivity index is 3.28. The molecule has 0 aromatic carbocycles.